The van der Waals surface area contributed by atoms with Crippen LogP contribution in [0.4, 0.5) is 17.2 Å². The average Bonchev–Trinajstić information content (AvgIpc) is 2.89. The van der Waals surface area contributed by atoms with E-state index in [1.54, 1.807) is 0 Å². The number of nitrogens with zero attached hydrogens (tertiary/aromatic N) is 2. The highest BCUT2D eigenvalue weighted by Gasteiger charge is 2.26. The van der Waals surface area contributed by atoms with Crippen molar-refractivity contribution in [2.24, 2.45) is 5.73 Å². The van der Waals surface area contributed by atoms with E-state index in [9.17, 15) is 4.79 Å². The first-order chi connectivity index (χ1) is 11.2. The van der Waals surface area contributed by atoms with Gasteiger partial charge in [-0.15, -0.1) is 0 Å². The van der Waals surface area contributed by atoms with Crippen LogP contribution in [0.2, 0.25) is 0 Å². The number of para-hydroxylation sites is 1. The molecule has 0 aliphatic carbocycles. The molecule has 3 rings (SSSR count). The van der Waals surface area contributed by atoms with Gasteiger partial charge < -0.3 is 16.0 Å². The second-order valence-corrected chi connectivity index (χ2v) is 5.89. The van der Waals surface area contributed by atoms with E-state index in [4.69, 9.17) is 5.73 Å². The minimum Gasteiger partial charge on any atom is -0.337 e. The highest BCUT2D eigenvalue weighted by atomic mass is 16.1. The van der Waals surface area contributed by atoms with Gasteiger partial charge in [-0.1, -0.05) is 18.2 Å². The van der Waals surface area contributed by atoms with Crippen LogP contribution in [-0.2, 0) is 11.2 Å². The van der Waals surface area contributed by atoms with E-state index in [0.29, 0.717) is 31.2 Å². The van der Waals surface area contributed by atoms with Crippen molar-refractivity contribution < 1.29 is 4.79 Å². The molecule has 2 heterocycles. The number of carbonyl (C=O) groups is 1. The average molecular weight is 310 g/mol. The Morgan fingerprint density at radius 1 is 1.35 bits per heavy atom. The molecule has 3 N–H and O–H groups in total. The first-order valence-electron chi connectivity index (χ1n) is 8.02. The number of benzene rings is 1. The molecule has 0 fully saturated rings. The molecule has 0 saturated heterocycles. The third kappa shape index (κ3) is 3.35. The molecule has 1 aromatic heterocycles. The van der Waals surface area contributed by atoms with Crippen molar-refractivity contribution in [1.82, 2.24) is 4.98 Å². The molecule has 0 spiro atoms. The highest BCUT2D eigenvalue weighted by Crippen LogP contribution is 2.37. The lowest BCUT2D eigenvalue weighted by molar-refractivity contribution is -0.116. The van der Waals surface area contributed by atoms with E-state index >= 15 is 0 Å². The fraction of sp³-hybridized carbons (Fsp3) is 0.333. The molecule has 1 atom stereocenters. The van der Waals surface area contributed by atoms with Crippen molar-refractivity contribution in [2.75, 3.05) is 16.8 Å². The smallest absolute Gasteiger partial charge is 0.225 e. The van der Waals surface area contributed by atoms with E-state index < -0.39 is 0 Å². The summed E-state index contributed by atoms with van der Waals surface area (Å²) in [6, 6.07) is 12.7. The predicted molar refractivity (Wildman–Crippen MR) is 92.9 cm³/mol. The molecule has 120 valence electrons. The van der Waals surface area contributed by atoms with Gasteiger partial charge in [0, 0.05) is 18.2 Å². The van der Waals surface area contributed by atoms with Crippen LogP contribution in [0.1, 0.15) is 25.3 Å². The number of nitrogens with two attached hydrogens (primary N) is 1. The fourth-order valence-electron chi connectivity index (χ4n) is 3.03. The van der Waals surface area contributed by atoms with Crippen LogP contribution in [0.25, 0.3) is 0 Å². The molecule has 5 heteroatoms. The van der Waals surface area contributed by atoms with Gasteiger partial charge in [-0.2, -0.15) is 0 Å². The molecule has 1 aliphatic rings. The summed E-state index contributed by atoms with van der Waals surface area (Å²) in [5.41, 5.74) is 9.05. The summed E-state index contributed by atoms with van der Waals surface area (Å²) in [6.07, 6.45) is 3.97. The monoisotopic (exact) mass is 310 g/mol. The van der Waals surface area contributed by atoms with Crippen LogP contribution in [0.5, 0.6) is 0 Å². The van der Waals surface area contributed by atoms with Crippen LogP contribution < -0.4 is 16.0 Å². The van der Waals surface area contributed by atoms with Crippen LogP contribution in [-0.4, -0.2) is 23.5 Å². The molecule has 0 bridgehead atoms. The van der Waals surface area contributed by atoms with E-state index in [-0.39, 0.29) is 5.91 Å². The summed E-state index contributed by atoms with van der Waals surface area (Å²) in [7, 11) is 0. The number of aromatic nitrogens is 1. The quantitative estimate of drug-likeness (QED) is 0.891. The lowest BCUT2D eigenvalue weighted by Gasteiger charge is -2.24. The van der Waals surface area contributed by atoms with Crippen LogP contribution in [0.15, 0.2) is 42.6 Å². The number of hydrogen-bond acceptors (Lipinski definition) is 4. The zero-order valence-electron chi connectivity index (χ0n) is 13.3. The van der Waals surface area contributed by atoms with Crippen molar-refractivity contribution in [2.45, 2.75) is 32.2 Å². The molecule has 2 aromatic rings. The van der Waals surface area contributed by atoms with Crippen molar-refractivity contribution >= 4 is 23.1 Å². The lowest BCUT2D eigenvalue weighted by Crippen LogP contribution is -2.24. The number of amides is 1. The minimum absolute atomic E-state index is 0.0458. The third-order valence-electron chi connectivity index (χ3n) is 4.11. The summed E-state index contributed by atoms with van der Waals surface area (Å²) >= 11 is 0. The van der Waals surface area contributed by atoms with Gasteiger partial charge in [-0.3, -0.25) is 4.79 Å². The second-order valence-electron chi connectivity index (χ2n) is 5.89. The Labute approximate surface area is 136 Å². The summed E-state index contributed by atoms with van der Waals surface area (Å²) in [6.45, 7) is 2.73. The molecule has 23 heavy (non-hydrogen) atoms. The Morgan fingerprint density at radius 3 is 2.91 bits per heavy atom. The minimum atomic E-state index is -0.0458. The van der Waals surface area contributed by atoms with Crippen molar-refractivity contribution in [3.63, 3.8) is 0 Å². The Balaban J connectivity index is 1.74. The lowest BCUT2D eigenvalue weighted by atomic mass is 10.1. The highest BCUT2D eigenvalue weighted by molar-refractivity contribution is 5.89. The first-order valence-corrected chi connectivity index (χ1v) is 8.02. The maximum atomic E-state index is 11.7. The van der Waals surface area contributed by atoms with Gasteiger partial charge in [0.15, 0.2) is 0 Å². The molecule has 1 unspecified atom stereocenters. The number of anilines is 3. The molecule has 5 nitrogen and oxygen atoms in total. The summed E-state index contributed by atoms with van der Waals surface area (Å²) in [5.74, 6) is 0.534. The molecular weight excluding hydrogens is 288 g/mol. The van der Waals surface area contributed by atoms with Crippen LogP contribution in [0, 0.1) is 0 Å². The van der Waals surface area contributed by atoms with Gasteiger partial charge in [-0.05, 0) is 50.1 Å². The maximum Gasteiger partial charge on any atom is 0.225 e. The Morgan fingerprint density at radius 2 is 2.17 bits per heavy atom. The number of hydrogen-bond donors (Lipinski definition) is 2. The van der Waals surface area contributed by atoms with Crippen LogP contribution >= 0.6 is 0 Å². The number of rotatable bonds is 5. The SMILES string of the molecule is CC1Cc2ccccc2N1c1ccc(NC(=O)CCCN)nc1. The second kappa shape index (κ2) is 6.79. The third-order valence-corrected chi connectivity index (χ3v) is 4.11. The summed E-state index contributed by atoms with van der Waals surface area (Å²) in [5, 5.41) is 2.80. The zero-order chi connectivity index (χ0) is 16.2. The van der Waals surface area contributed by atoms with Crippen molar-refractivity contribution in [3.05, 3.63) is 48.2 Å². The molecule has 1 aliphatic heterocycles. The number of carbonyl (C=O) groups excluding carboxylic acids is 1. The fourth-order valence-corrected chi connectivity index (χ4v) is 3.03. The van der Waals surface area contributed by atoms with Crippen molar-refractivity contribution in [1.29, 1.82) is 0 Å². The number of fused-ring (bicyclic) bond motifs is 1. The summed E-state index contributed by atoms with van der Waals surface area (Å²) < 4.78 is 0. The van der Waals surface area contributed by atoms with Gasteiger partial charge in [0.2, 0.25) is 5.91 Å². The van der Waals surface area contributed by atoms with Gasteiger partial charge in [-0.25, -0.2) is 4.98 Å². The largest absolute Gasteiger partial charge is 0.337 e. The van der Waals surface area contributed by atoms with Crippen LogP contribution in [0.3, 0.4) is 0 Å². The molecule has 1 aromatic carbocycles. The molecule has 1 amide bonds. The predicted octanol–water partition coefficient (Wildman–Crippen LogP) is 2.84. The zero-order valence-corrected chi connectivity index (χ0v) is 13.3. The Hall–Kier alpha value is -2.40. The topological polar surface area (TPSA) is 71.2 Å². The Kier molecular flexibility index (Phi) is 4.57. The van der Waals surface area contributed by atoms with Gasteiger partial charge in [0.25, 0.3) is 0 Å². The van der Waals surface area contributed by atoms with Crippen molar-refractivity contribution in [3.8, 4) is 0 Å². The van der Waals surface area contributed by atoms with E-state index in [0.717, 1.165) is 12.1 Å². The van der Waals surface area contributed by atoms with E-state index in [1.807, 2.05) is 18.3 Å². The summed E-state index contributed by atoms with van der Waals surface area (Å²) in [4.78, 5) is 18.4. The van der Waals surface area contributed by atoms with Gasteiger partial charge in [0.05, 0.1) is 11.9 Å². The normalized spacial score (nSPS) is 16.3. The van der Waals surface area contributed by atoms with E-state index in [2.05, 4.69) is 46.4 Å². The molecule has 0 saturated carbocycles. The first kappa shape index (κ1) is 15.5. The molecule has 0 radical (unpaired) electrons. The van der Waals surface area contributed by atoms with E-state index in [1.165, 1.54) is 11.3 Å². The Bertz CT molecular complexity index is 684. The maximum absolute atomic E-state index is 11.7. The van der Waals surface area contributed by atoms with Gasteiger partial charge in [0.1, 0.15) is 5.82 Å². The number of pyridine rings is 1. The standard InChI is InChI=1S/C18H22N4O/c1-13-11-14-5-2-3-6-16(14)22(13)15-8-9-17(20-12-15)21-18(23)7-4-10-19/h2-3,5-6,8-9,12-13H,4,7,10-11,19H2,1H3,(H,20,21,23). The molecular formula is C18H22N4O. The number of nitrogens with one attached hydrogen (secondary N) is 1. The van der Waals surface area contributed by atoms with Gasteiger partial charge >= 0.3 is 0 Å².